The van der Waals surface area contributed by atoms with Crippen molar-refractivity contribution in [2.45, 2.75) is 20.3 Å². The molecule has 0 saturated carbocycles. The fraction of sp³-hybridized carbons (Fsp3) is 0.238. The lowest BCUT2D eigenvalue weighted by Crippen LogP contribution is -2.36. The number of pyridine rings is 1. The van der Waals surface area contributed by atoms with E-state index in [1.54, 1.807) is 25.1 Å². The Morgan fingerprint density at radius 1 is 1.23 bits per heavy atom. The first-order valence-corrected chi connectivity index (χ1v) is 8.30. The van der Waals surface area contributed by atoms with E-state index in [4.69, 9.17) is 6.85 Å². The summed E-state index contributed by atoms with van der Waals surface area (Å²) in [6.45, 7) is 3.35. The van der Waals surface area contributed by atoms with Crippen LogP contribution in [0.4, 0.5) is 5.69 Å². The SMILES string of the molecule is [2H]c1c([2H])c([2H])c(N(CC)C(=O)c2c(O)c3c(CC)cccc3n(C)c2=O)c([2H])c1[2H]. The zero-order valence-corrected chi connectivity index (χ0v) is 14.8. The number of anilines is 1. The predicted octanol–water partition coefficient (Wildman–Crippen LogP) is 3.47. The molecule has 0 radical (unpaired) electrons. The minimum atomic E-state index is -0.938. The standard InChI is InChI=1S/C21H22N2O3/c1-4-14-10-9-13-16-17(14)19(24)18(20(25)22(16)3)21(26)23(5-2)15-11-7-6-8-12-15/h6-13,24H,4-5H2,1-3H3/i6D,7D,8D,11D,12D. The Bertz CT molecular complexity index is 1260. The molecule has 26 heavy (non-hydrogen) atoms. The van der Waals surface area contributed by atoms with Crippen LogP contribution in [0.5, 0.6) is 5.75 Å². The third-order valence-electron chi connectivity index (χ3n) is 4.40. The van der Waals surface area contributed by atoms with Crippen molar-refractivity contribution >= 4 is 22.5 Å². The van der Waals surface area contributed by atoms with Crippen molar-refractivity contribution in [2.24, 2.45) is 7.05 Å². The molecule has 1 heterocycles. The van der Waals surface area contributed by atoms with Crippen molar-refractivity contribution in [1.82, 2.24) is 4.57 Å². The molecule has 134 valence electrons. The number of rotatable bonds is 4. The smallest absolute Gasteiger partial charge is 0.267 e. The predicted molar refractivity (Wildman–Crippen MR) is 104 cm³/mol. The molecule has 5 heteroatoms. The second-order valence-corrected chi connectivity index (χ2v) is 5.78. The number of para-hydroxylation sites is 1. The Hall–Kier alpha value is -3.08. The molecule has 0 saturated heterocycles. The molecule has 1 aromatic heterocycles. The number of fused-ring (bicyclic) bond motifs is 1. The lowest BCUT2D eigenvalue weighted by atomic mass is 10.0. The van der Waals surface area contributed by atoms with Crippen LogP contribution in [0.1, 0.15) is 36.6 Å². The summed E-state index contributed by atoms with van der Waals surface area (Å²) in [6.07, 6.45) is 0.553. The van der Waals surface area contributed by atoms with E-state index in [0.29, 0.717) is 17.3 Å². The third kappa shape index (κ3) is 2.75. The Balaban J connectivity index is 2.35. The Labute approximate surface area is 159 Å². The Morgan fingerprint density at radius 2 is 1.92 bits per heavy atom. The van der Waals surface area contributed by atoms with Crippen LogP contribution in [-0.2, 0) is 13.5 Å². The van der Waals surface area contributed by atoms with E-state index in [1.807, 2.05) is 6.92 Å². The molecule has 2 aromatic carbocycles. The highest BCUT2D eigenvalue weighted by Gasteiger charge is 2.26. The Morgan fingerprint density at radius 3 is 2.54 bits per heavy atom. The molecule has 3 rings (SSSR count). The van der Waals surface area contributed by atoms with E-state index in [1.165, 1.54) is 11.6 Å². The van der Waals surface area contributed by atoms with Gasteiger partial charge < -0.3 is 14.6 Å². The van der Waals surface area contributed by atoms with Crippen molar-refractivity contribution in [3.63, 3.8) is 0 Å². The topological polar surface area (TPSA) is 62.5 Å². The van der Waals surface area contributed by atoms with Crippen molar-refractivity contribution in [1.29, 1.82) is 0 Å². The average Bonchev–Trinajstić information content (AvgIpc) is 2.77. The highest BCUT2D eigenvalue weighted by atomic mass is 16.3. The number of carbonyl (C=O) groups is 1. The zero-order valence-electron chi connectivity index (χ0n) is 19.8. The van der Waals surface area contributed by atoms with E-state index in [9.17, 15) is 14.7 Å². The van der Waals surface area contributed by atoms with Crippen LogP contribution in [0.2, 0.25) is 0 Å². The van der Waals surface area contributed by atoms with Gasteiger partial charge in [-0.1, -0.05) is 37.2 Å². The quantitative estimate of drug-likeness (QED) is 0.779. The molecular formula is C21H22N2O3. The Kier molecular flexibility index (Phi) is 3.33. The van der Waals surface area contributed by atoms with Crippen LogP contribution < -0.4 is 10.5 Å². The fourth-order valence-electron chi connectivity index (χ4n) is 3.05. The summed E-state index contributed by atoms with van der Waals surface area (Å²) >= 11 is 0. The minimum Gasteiger partial charge on any atom is -0.506 e. The second-order valence-electron chi connectivity index (χ2n) is 5.78. The number of nitrogens with zero attached hydrogens (tertiary/aromatic N) is 2. The highest BCUT2D eigenvalue weighted by Crippen LogP contribution is 2.31. The fourth-order valence-corrected chi connectivity index (χ4v) is 3.05. The maximum absolute atomic E-state index is 13.4. The van der Waals surface area contributed by atoms with Gasteiger partial charge in [0, 0.05) is 24.7 Å². The van der Waals surface area contributed by atoms with Crippen LogP contribution in [0, 0.1) is 0 Å². The van der Waals surface area contributed by atoms with Crippen molar-refractivity contribution < 1.29 is 16.8 Å². The lowest BCUT2D eigenvalue weighted by molar-refractivity contribution is 0.0984. The molecule has 0 spiro atoms. The third-order valence-corrected chi connectivity index (χ3v) is 4.40. The number of carbonyl (C=O) groups excluding carboxylic acids is 1. The van der Waals surface area contributed by atoms with Gasteiger partial charge in [-0.15, -0.1) is 0 Å². The number of benzene rings is 2. The molecule has 0 aliphatic heterocycles. The summed E-state index contributed by atoms with van der Waals surface area (Å²) in [4.78, 5) is 27.4. The highest BCUT2D eigenvalue weighted by molar-refractivity contribution is 6.10. The summed E-state index contributed by atoms with van der Waals surface area (Å²) < 4.78 is 41.1. The summed E-state index contributed by atoms with van der Waals surface area (Å²) in [5.41, 5.74) is -0.391. The van der Waals surface area contributed by atoms with Crippen LogP contribution in [0.25, 0.3) is 10.9 Å². The molecule has 0 fully saturated rings. The molecule has 0 aliphatic rings. The van der Waals surface area contributed by atoms with Crippen LogP contribution in [-0.4, -0.2) is 22.1 Å². The number of aryl methyl sites for hydroxylation is 2. The molecule has 0 unspecified atom stereocenters. The maximum Gasteiger partial charge on any atom is 0.267 e. The normalized spacial score (nSPS) is 13.6. The summed E-state index contributed by atoms with van der Waals surface area (Å²) in [5.74, 6) is -1.42. The molecule has 0 aliphatic carbocycles. The maximum atomic E-state index is 13.4. The van der Waals surface area contributed by atoms with E-state index < -0.39 is 53.0 Å². The molecule has 3 aromatic rings. The largest absolute Gasteiger partial charge is 0.506 e. The number of aromatic nitrogens is 1. The van der Waals surface area contributed by atoms with E-state index in [-0.39, 0.29) is 12.2 Å². The van der Waals surface area contributed by atoms with Gasteiger partial charge in [0.2, 0.25) is 0 Å². The van der Waals surface area contributed by atoms with Crippen molar-refractivity contribution in [2.75, 3.05) is 11.4 Å². The lowest BCUT2D eigenvalue weighted by Gasteiger charge is -2.22. The van der Waals surface area contributed by atoms with Gasteiger partial charge in [0.15, 0.2) is 0 Å². The van der Waals surface area contributed by atoms with Gasteiger partial charge in [-0.3, -0.25) is 9.59 Å². The first kappa shape index (κ1) is 12.3. The summed E-state index contributed by atoms with van der Waals surface area (Å²) in [6, 6.07) is 2.31. The first-order valence-electron chi connectivity index (χ1n) is 10.8. The first-order chi connectivity index (χ1) is 14.6. The number of aromatic hydroxyl groups is 1. The van der Waals surface area contributed by atoms with Gasteiger partial charge in [0.1, 0.15) is 11.3 Å². The molecule has 5 nitrogen and oxygen atoms in total. The van der Waals surface area contributed by atoms with E-state index in [2.05, 4.69) is 0 Å². The summed E-state index contributed by atoms with van der Waals surface area (Å²) in [5, 5.41) is 11.3. The van der Waals surface area contributed by atoms with Gasteiger partial charge in [0.25, 0.3) is 11.5 Å². The summed E-state index contributed by atoms with van der Waals surface area (Å²) in [7, 11) is 1.49. The molecule has 1 N–H and O–H groups in total. The molecule has 0 bridgehead atoms. The molecular weight excluding hydrogens is 328 g/mol. The van der Waals surface area contributed by atoms with Gasteiger partial charge in [0.05, 0.1) is 12.4 Å². The number of hydrogen-bond donors (Lipinski definition) is 1. The van der Waals surface area contributed by atoms with Gasteiger partial charge in [-0.05, 0) is 37.1 Å². The molecule has 0 atom stereocenters. The second kappa shape index (κ2) is 7.04. The zero-order chi connectivity index (χ0) is 23.2. The van der Waals surface area contributed by atoms with Crippen molar-refractivity contribution in [3.8, 4) is 5.75 Å². The van der Waals surface area contributed by atoms with E-state index >= 15 is 0 Å². The van der Waals surface area contributed by atoms with Crippen LogP contribution >= 0.6 is 0 Å². The minimum absolute atomic E-state index is 0.0805. The van der Waals surface area contributed by atoms with Crippen LogP contribution in [0.3, 0.4) is 0 Å². The molecule has 1 amide bonds. The van der Waals surface area contributed by atoms with E-state index in [0.717, 1.165) is 10.5 Å². The van der Waals surface area contributed by atoms with Crippen LogP contribution in [0.15, 0.2) is 53.2 Å². The van der Waals surface area contributed by atoms with Gasteiger partial charge >= 0.3 is 0 Å². The number of amides is 1. The monoisotopic (exact) mass is 355 g/mol. The number of hydrogen-bond acceptors (Lipinski definition) is 3. The van der Waals surface area contributed by atoms with Gasteiger partial charge in [-0.2, -0.15) is 0 Å². The average molecular weight is 355 g/mol. The van der Waals surface area contributed by atoms with Crippen molar-refractivity contribution in [3.05, 3.63) is 69.9 Å². The van der Waals surface area contributed by atoms with Gasteiger partial charge in [-0.25, -0.2) is 0 Å².